The van der Waals surface area contributed by atoms with Gasteiger partial charge in [-0.05, 0) is 93.0 Å². The maximum absolute atomic E-state index is 6.71. The summed E-state index contributed by atoms with van der Waals surface area (Å²) >= 11 is 0. The highest BCUT2D eigenvalue weighted by Crippen LogP contribution is 2.47. The number of rotatable bonds is 6. The summed E-state index contributed by atoms with van der Waals surface area (Å²) in [5.41, 5.74) is 12.1. The average molecular weight is 705 g/mol. The van der Waals surface area contributed by atoms with E-state index in [1.54, 1.807) is 0 Å². The molecule has 0 saturated carbocycles. The van der Waals surface area contributed by atoms with Crippen molar-refractivity contribution >= 4 is 71.6 Å². The van der Waals surface area contributed by atoms with Crippen molar-refractivity contribution in [1.82, 2.24) is 4.98 Å². The van der Waals surface area contributed by atoms with Crippen molar-refractivity contribution in [2.24, 2.45) is 0 Å². The van der Waals surface area contributed by atoms with Crippen LogP contribution in [0.3, 0.4) is 0 Å². The molecule has 0 unspecified atom stereocenters. The molecular weight excluding hydrogens is 673 g/mol. The minimum atomic E-state index is 0.583. The first kappa shape index (κ1) is 31.1. The highest BCUT2D eigenvalue weighted by molar-refractivity contribution is 6.26. The van der Waals surface area contributed by atoms with Crippen LogP contribution in [0.2, 0.25) is 0 Å². The smallest absolute Gasteiger partial charge is 0.228 e. The maximum Gasteiger partial charge on any atom is 0.228 e. The third-order valence-corrected chi connectivity index (χ3v) is 10.7. The second-order valence-corrected chi connectivity index (χ2v) is 13.9. The number of benzene rings is 9. The standard InChI is InChI=1S/C51H32N2O2/c1-3-14-33(15-4-1)34-26-28-36(29-27-34)53(35-16-5-2-6-17-35)45-31-30-39(37-18-7-9-20-40(37)45)42-22-13-25-47-49(42)50-41-21-10-8-19-38(41)43(32-48(50)54-47)51-52-44-23-11-12-24-46(44)55-51/h1-32H. The molecule has 0 bridgehead atoms. The largest absolute Gasteiger partial charge is 0.456 e. The van der Waals surface area contributed by atoms with Crippen LogP contribution in [0.1, 0.15) is 0 Å². The van der Waals surface area contributed by atoms with Gasteiger partial charge in [0.25, 0.3) is 0 Å². The molecule has 55 heavy (non-hydrogen) atoms. The molecule has 0 spiro atoms. The van der Waals surface area contributed by atoms with Crippen LogP contribution in [0.25, 0.3) is 88.3 Å². The van der Waals surface area contributed by atoms with E-state index < -0.39 is 0 Å². The minimum absolute atomic E-state index is 0.583. The maximum atomic E-state index is 6.71. The average Bonchev–Trinajstić information content (AvgIpc) is 3.87. The van der Waals surface area contributed by atoms with Crippen LogP contribution in [0.15, 0.2) is 203 Å². The van der Waals surface area contributed by atoms with E-state index in [2.05, 4.69) is 175 Å². The molecule has 11 rings (SSSR count). The van der Waals surface area contributed by atoms with Crippen LogP contribution in [0.4, 0.5) is 17.1 Å². The number of fused-ring (bicyclic) bond motifs is 7. The van der Waals surface area contributed by atoms with Gasteiger partial charge < -0.3 is 13.7 Å². The summed E-state index contributed by atoms with van der Waals surface area (Å²) in [6, 6.07) is 68.1. The molecule has 0 aliphatic carbocycles. The molecular formula is C51H32N2O2. The van der Waals surface area contributed by atoms with Gasteiger partial charge in [-0.15, -0.1) is 0 Å². The van der Waals surface area contributed by atoms with Gasteiger partial charge in [0.05, 0.1) is 5.69 Å². The quantitative estimate of drug-likeness (QED) is 0.173. The van der Waals surface area contributed by atoms with E-state index >= 15 is 0 Å². The number of anilines is 3. The molecule has 0 aliphatic rings. The minimum Gasteiger partial charge on any atom is -0.456 e. The lowest BCUT2D eigenvalue weighted by Gasteiger charge is -2.27. The summed E-state index contributed by atoms with van der Waals surface area (Å²) < 4.78 is 13.0. The van der Waals surface area contributed by atoms with Gasteiger partial charge in [-0.1, -0.05) is 140 Å². The highest BCUT2D eigenvalue weighted by atomic mass is 16.3. The number of nitrogens with zero attached hydrogens (tertiary/aromatic N) is 2. The monoisotopic (exact) mass is 704 g/mol. The lowest BCUT2D eigenvalue weighted by molar-refractivity contribution is 0.620. The van der Waals surface area contributed by atoms with Crippen molar-refractivity contribution in [2.45, 2.75) is 0 Å². The van der Waals surface area contributed by atoms with Crippen LogP contribution in [0, 0.1) is 0 Å². The normalized spacial score (nSPS) is 11.6. The van der Waals surface area contributed by atoms with Gasteiger partial charge in [-0.25, -0.2) is 4.98 Å². The first-order chi connectivity index (χ1) is 27.3. The van der Waals surface area contributed by atoms with Crippen molar-refractivity contribution in [1.29, 1.82) is 0 Å². The zero-order valence-electron chi connectivity index (χ0n) is 29.7. The van der Waals surface area contributed by atoms with E-state index in [1.165, 1.54) is 11.1 Å². The Morgan fingerprint density at radius 3 is 1.76 bits per heavy atom. The molecule has 0 atom stereocenters. The van der Waals surface area contributed by atoms with Crippen LogP contribution in [0.5, 0.6) is 0 Å². The van der Waals surface area contributed by atoms with Gasteiger partial charge in [-0.3, -0.25) is 0 Å². The summed E-state index contributed by atoms with van der Waals surface area (Å²) in [5.74, 6) is 0.583. The Morgan fingerprint density at radius 1 is 0.364 bits per heavy atom. The fraction of sp³-hybridized carbons (Fsp3) is 0. The Kier molecular flexibility index (Phi) is 7.14. The third kappa shape index (κ3) is 5.11. The molecule has 2 heterocycles. The van der Waals surface area contributed by atoms with Crippen LogP contribution >= 0.6 is 0 Å². The molecule has 0 N–H and O–H groups in total. The number of furan rings is 1. The zero-order valence-corrected chi connectivity index (χ0v) is 29.7. The SMILES string of the molecule is c1ccc(-c2ccc(N(c3ccccc3)c3ccc(-c4cccc5oc6cc(-c7nc8ccccc8o7)c7ccccc7c6c45)c4ccccc34)cc2)cc1. The number of hydrogen-bond donors (Lipinski definition) is 0. The number of aromatic nitrogens is 1. The first-order valence-corrected chi connectivity index (χ1v) is 18.5. The third-order valence-electron chi connectivity index (χ3n) is 10.7. The van der Waals surface area contributed by atoms with E-state index in [0.717, 1.165) is 88.3 Å². The number of para-hydroxylation sites is 3. The van der Waals surface area contributed by atoms with Crippen molar-refractivity contribution in [3.63, 3.8) is 0 Å². The van der Waals surface area contributed by atoms with Gasteiger partial charge in [0.15, 0.2) is 5.58 Å². The van der Waals surface area contributed by atoms with E-state index in [-0.39, 0.29) is 0 Å². The topological polar surface area (TPSA) is 42.4 Å². The molecule has 0 amide bonds. The summed E-state index contributed by atoms with van der Waals surface area (Å²) in [4.78, 5) is 7.22. The van der Waals surface area contributed by atoms with Gasteiger partial charge in [-0.2, -0.15) is 0 Å². The number of oxazole rings is 1. The van der Waals surface area contributed by atoms with Gasteiger partial charge in [0.2, 0.25) is 5.89 Å². The van der Waals surface area contributed by atoms with E-state index in [1.807, 2.05) is 24.3 Å². The molecule has 0 radical (unpaired) electrons. The Hall–Kier alpha value is -7.43. The summed E-state index contributed by atoms with van der Waals surface area (Å²) in [7, 11) is 0. The number of hydrogen-bond acceptors (Lipinski definition) is 4. The molecule has 0 aliphatic heterocycles. The van der Waals surface area contributed by atoms with Crippen molar-refractivity contribution in [3.8, 4) is 33.7 Å². The Morgan fingerprint density at radius 2 is 0.982 bits per heavy atom. The summed E-state index contributed by atoms with van der Waals surface area (Å²) in [6.07, 6.45) is 0. The molecule has 2 aromatic heterocycles. The van der Waals surface area contributed by atoms with Gasteiger partial charge >= 0.3 is 0 Å². The molecule has 258 valence electrons. The van der Waals surface area contributed by atoms with E-state index in [0.29, 0.717) is 5.89 Å². The zero-order chi connectivity index (χ0) is 36.3. The van der Waals surface area contributed by atoms with Crippen molar-refractivity contribution in [2.75, 3.05) is 4.90 Å². The fourth-order valence-corrected chi connectivity index (χ4v) is 8.22. The Balaban J connectivity index is 1.11. The second-order valence-electron chi connectivity index (χ2n) is 13.9. The van der Waals surface area contributed by atoms with E-state index in [4.69, 9.17) is 13.8 Å². The van der Waals surface area contributed by atoms with Gasteiger partial charge in [0.1, 0.15) is 16.7 Å². The predicted molar refractivity (Wildman–Crippen MR) is 227 cm³/mol. The van der Waals surface area contributed by atoms with Crippen LogP contribution < -0.4 is 4.90 Å². The fourth-order valence-electron chi connectivity index (χ4n) is 8.22. The predicted octanol–water partition coefficient (Wildman–Crippen LogP) is 14.5. The van der Waals surface area contributed by atoms with Gasteiger partial charge in [0, 0.05) is 33.1 Å². The lowest BCUT2D eigenvalue weighted by atomic mass is 9.91. The molecule has 9 aromatic carbocycles. The van der Waals surface area contributed by atoms with Crippen LogP contribution in [-0.2, 0) is 0 Å². The lowest BCUT2D eigenvalue weighted by Crippen LogP contribution is -2.10. The van der Waals surface area contributed by atoms with Crippen LogP contribution in [-0.4, -0.2) is 4.98 Å². The molecule has 4 heteroatoms. The molecule has 0 fully saturated rings. The highest BCUT2D eigenvalue weighted by Gasteiger charge is 2.22. The summed E-state index contributed by atoms with van der Waals surface area (Å²) in [6.45, 7) is 0. The Bertz CT molecular complexity index is 3170. The van der Waals surface area contributed by atoms with E-state index in [9.17, 15) is 0 Å². The second kappa shape index (κ2) is 12.6. The van der Waals surface area contributed by atoms with Crippen molar-refractivity contribution in [3.05, 3.63) is 194 Å². The van der Waals surface area contributed by atoms with Crippen molar-refractivity contribution < 1.29 is 8.83 Å². The molecule has 0 saturated heterocycles. The first-order valence-electron chi connectivity index (χ1n) is 18.5. The Labute approximate surface area is 317 Å². The molecule has 11 aromatic rings. The molecule has 4 nitrogen and oxygen atoms in total. The summed E-state index contributed by atoms with van der Waals surface area (Å²) in [5, 5.41) is 6.65.